The van der Waals surface area contributed by atoms with Crippen molar-refractivity contribution < 1.29 is 4.79 Å². The summed E-state index contributed by atoms with van der Waals surface area (Å²) in [5.41, 5.74) is 9.61. The van der Waals surface area contributed by atoms with Gasteiger partial charge in [0.15, 0.2) is 0 Å². The maximum absolute atomic E-state index is 12.8. The summed E-state index contributed by atoms with van der Waals surface area (Å²) in [6, 6.07) is 18.8. The normalized spacial score (nSPS) is 20.6. The third-order valence-electron chi connectivity index (χ3n) is 4.95. The Kier molecular flexibility index (Phi) is 5.31. The molecule has 2 N–H and O–H groups in total. The Labute approximate surface area is 144 Å². The molecule has 126 valence electrons. The van der Waals surface area contributed by atoms with E-state index in [1.807, 2.05) is 42.3 Å². The van der Waals surface area contributed by atoms with E-state index in [0.29, 0.717) is 6.54 Å². The van der Waals surface area contributed by atoms with Gasteiger partial charge in [0.05, 0.1) is 0 Å². The van der Waals surface area contributed by atoms with E-state index in [1.165, 1.54) is 16.7 Å². The highest BCUT2D eigenvalue weighted by atomic mass is 16.2. The molecule has 1 aliphatic rings. The summed E-state index contributed by atoms with van der Waals surface area (Å²) in [6.07, 6.45) is 3.90. The van der Waals surface area contributed by atoms with Crippen molar-refractivity contribution in [2.24, 2.45) is 11.7 Å². The van der Waals surface area contributed by atoms with Gasteiger partial charge in [-0.3, -0.25) is 4.79 Å². The summed E-state index contributed by atoms with van der Waals surface area (Å²) in [7, 11) is 1.91. The minimum absolute atomic E-state index is 0.0858. The Hall–Kier alpha value is -2.13. The third kappa shape index (κ3) is 3.85. The molecule has 2 unspecified atom stereocenters. The molecule has 24 heavy (non-hydrogen) atoms. The van der Waals surface area contributed by atoms with Crippen molar-refractivity contribution in [1.82, 2.24) is 4.90 Å². The molecule has 1 fully saturated rings. The van der Waals surface area contributed by atoms with E-state index in [0.717, 1.165) is 25.7 Å². The van der Waals surface area contributed by atoms with Gasteiger partial charge >= 0.3 is 0 Å². The van der Waals surface area contributed by atoms with Gasteiger partial charge in [-0.2, -0.15) is 0 Å². The number of nitrogens with zero attached hydrogens (tertiary/aromatic N) is 1. The van der Waals surface area contributed by atoms with Crippen LogP contribution >= 0.6 is 0 Å². The second kappa shape index (κ2) is 7.63. The maximum atomic E-state index is 12.8. The van der Waals surface area contributed by atoms with Crippen LogP contribution in [0.2, 0.25) is 0 Å². The van der Waals surface area contributed by atoms with Crippen molar-refractivity contribution in [2.75, 3.05) is 7.05 Å². The molecule has 0 saturated heterocycles. The zero-order valence-corrected chi connectivity index (χ0v) is 14.3. The van der Waals surface area contributed by atoms with Gasteiger partial charge in [0, 0.05) is 25.6 Å². The lowest BCUT2D eigenvalue weighted by molar-refractivity contribution is -0.135. The van der Waals surface area contributed by atoms with Crippen LogP contribution in [0, 0.1) is 5.92 Å². The first-order chi connectivity index (χ1) is 11.6. The first kappa shape index (κ1) is 16.7. The number of nitrogens with two attached hydrogens (primary N) is 1. The molecular formula is C21H26N2O. The van der Waals surface area contributed by atoms with Gasteiger partial charge in [-0.1, -0.05) is 61.0 Å². The zero-order valence-electron chi connectivity index (χ0n) is 14.3. The summed E-state index contributed by atoms with van der Waals surface area (Å²) in [6.45, 7) is 0.635. The molecule has 3 rings (SSSR count). The molecule has 1 aliphatic carbocycles. The highest BCUT2D eigenvalue weighted by Gasteiger charge is 2.27. The Bertz CT molecular complexity index is 683. The average Bonchev–Trinajstić information content (AvgIpc) is 2.62. The molecule has 0 bridgehead atoms. The van der Waals surface area contributed by atoms with Gasteiger partial charge < -0.3 is 10.6 Å². The van der Waals surface area contributed by atoms with Crippen molar-refractivity contribution in [2.45, 2.75) is 38.3 Å². The number of amides is 1. The number of hydrogen-bond acceptors (Lipinski definition) is 2. The second-order valence-corrected chi connectivity index (χ2v) is 6.84. The minimum atomic E-state index is 0.0858. The first-order valence-electron chi connectivity index (χ1n) is 8.79. The van der Waals surface area contributed by atoms with Crippen molar-refractivity contribution in [3.8, 4) is 11.1 Å². The fraction of sp³-hybridized carbons (Fsp3) is 0.381. The molecule has 3 nitrogen and oxygen atoms in total. The van der Waals surface area contributed by atoms with Gasteiger partial charge in [0.25, 0.3) is 0 Å². The summed E-state index contributed by atoms with van der Waals surface area (Å²) < 4.78 is 0. The Morgan fingerprint density at radius 3 is 2.54 bits per heavy atom. The molecule has 0 aliphatic heterocycles. The Morgan fingerprint density at radius 1 is 1.08 bits per heavy atom. The van der Waals surface area contributed by atoms with Crippen LogP contribution < -0.4 is 5.73 Å². The quantitative estimate of drug-likeness (QED) is 0.930. The summed E-state index contributed by atoms with van der Waals surface area (Å²) in [5.74, 6) is 0.315. The summed E-state index contributed by atoms with van der Waals surface area (Å²) in [5, 5.41) is 0. The van der Waals surface area contributed by atoms with E-state index < -0.39 is 0 Å². The maximum Gasteiger partial charge on any atom is 0.225 e. The Morgan fingerprint density at radius 2 is 1.79 bits per heavy atom. The predicted octanol–water partition coefficient (Wildman–Crippen LogP) is 3.83. The van der Waals surface area contributed by atoms with Crippen LogP contribution in [-0.4, -0.2) is 23.9 Å². The number of benzene rings is 2. The van der Waals surface area contributed by atoms with E-state index in [9.17, 15) is 4.79 Å². The second-order valence-electron chi connectivity index (χ2n) is 6.84. The number of rotatable bonds is 4. The molecule has 0 radical (unpaired) electrons. The first-order valence-corrected chi connectivity index (χ1v) is 8.79. The number of carbonyl (C=O) groups is 1. The smallest absolute Gasteiger partial charge is 0.225 e. The molecule has 0 spiro atoms. The van der Waals surface area contributed by atoms with Gasteiger partial charge in [0.1, 0.15) is 0 Å². The molecule has 1 saturated carbocycles. The largest absolute Gasteiger partial charge is 0.341 e. The molecule has 2 atom stereocenters. The van der Waals surface area contributed by atoms with Crippen molar-refractivity contribution in [1.29, 1.82) is 0 Å². The summed E-state index contributed by atoms with van der Waals surface area (Å²) in [4.78, 5) is 14.6. The molecular weight excluding hydrogens is 296 g/mol. The zero-order chi connectivity index (χ0) is 16.9. The fourth-order valence-electron chi connectivity index (χ4n) is 3.65. The molecule has 2 aromatic carbocycles. The van der Waals surface area contributed by atoms with E-state index in [-0.39, 0.29) is 17.9 Å². The van der Waals surface area contributed by atoms with E-state index in [4.69, 9.17) is 5.73 Å². The van der Waals surface area contributed by atoms with Crippen molar-refractivity contribution >= 4 is 5.91 Å². The highest BCUT2D eigenvalue weighted by Crippen LogP contribution is 2.27. The van der Waals surface area contributed by atoms with Crippen LogP contribution in [0.15, 0.2) is 54.6 Å². The molecule has 2 aromatic rings. The lowest BCUT2D eigenvalue weighted by Gasteiger charge is -2.29. The molecule has 0 aromatic heterocycles. The Balaban J connectivity index is 1.75. The number of hydrogen-bond donors (Lipinski definition) is 1. The minimum Gasteiger partial charge on any atom is -0.341 e. The van der Waals surface area contributed by atoms with Crippen LogP contribution in [0.1, 0.15) is 31.2 Å². The van der Waals surface area contributed by atoms with Crippen LogP contribution in [0.3, 0.4) is 0 Å². The standard InChI is InChI=1S/C21H26N2O/c1-23(21(24)17-11-7-12-19(22)14-17)15-18-10-5-6-13-20(18)16-8-3-2-4-9-16/h2-6,8-10,13,17,19H,7,11-12,14-15,22H2,1H3. The van der Waals surface area contributed by atoms with Gasteiger partial charge in [0.2, 0.25) is 5.91 Å². The van der Waals surface area contributed by atoms with E-state index in [2.05, 4.69) is 24.3 Å². The van der Waals surface area contributed by atoms with E-state index >= 15 is 0 Å². The fourth-order valence-corrected chi connectivity index (χ4v) is 3.65. The predicted molar refractivity (Wildman–Crippen MR) is 98.3 cm³/mol. The van der Waals surface area contributed by atoms with E-state index in [1.54, 1.807) is 0 Å². The monoisotopic (exact) mass is 322 g/mol. The summed E-state index contributed by atoms with van der Waals surface area (Å²) >= 11 is 0. The average molecular weight is 322 g/mol. The van der Waals surface area contributed by atoms with Gasteiger partial charge in [-0.25, -0.2) is 0 Å². The lowest BCUT2D eigenvalue weighted by atomic mass is 9.85. The number of carbonyl (C=O) groups excluding carboxylic acids is 1. The van der Waals surface area contributed by atoms with Crippen molar-refractivity contribution in [3.05, 3.63) is 60.2 Å². The highest BCUT2D eigenvalue weighted by molar-refractivity contribution is 5.79. The lowest BCUT2D eigenvalue weighted by Crippen LogP contribution is -2.38. The SMILES string of the molecule is CN(Cc1ccccc1-c1ccccc1)C(=O)C1CCCC(N)C1. The van der Waals surface area contributed by atoms with Crippen LogP contribution in [0.4, 0.5) is 0 Å². The van der Waals surface area contributed by atoms with Gasteiger partial charge in [-0.05, 0) is 36.0 Å². The topological polar surface area (TPSA) is 46.3 Å². The van der Waals surface area contributed by atoms with Crippen LogP contribution in [0.5, 0.6) is 0 Å². The third-order valence-corrected chi connectivity index (χ3v) is 4.95. The van der Waals surface area contributed by atoms with Crippen LogP contribution in [-0.2, 0) is 11.3 Å². The van der Waals surface area contributed by atoms with Crippen molar-refractivity contribution in [3.63, 3.8) is 0 Å². The molecule has 1 amide bonds. The molecule has 3 heteroatoms. The molecule has 0 heterocycles. The van der Waals surface area contributed by atoms with Crippen LogP contribution in [0.25, 0.3) is 11.1 Å². The van der Waals surface area contributed by atoms with Gasteiger partial charge in [-0.15, -0.1) is 0 Å².